The van der Waals surface area contributed by atoms with Crippen LogP contribution in [0.1, 0.15) is 110 Å². The van der Waals surface area contributed by atoms with Gasteiger partial charge in [-0.1, -0.05) is 90.4 Å². The SMILES string of the molecule is CCCCCCCCCCCCCCCCOCCCOC(=O)NCCOCCOCCOCCOCCOCCOCCOCCOCCOCCOCCOCCOCCOCCOCCOCCOCCOCCOCCOCCOCCOCCOCCOCCOCCOCCOCCOCCOCCOCCOCCOCCOCCOCCOCCOCCOCCC(N)=O. The molecule has 0 fully saturated rings. The summed E-state index contributed by atoms with van der Waals surface area (Å²) in [4.78, 5) is 22.5. The normalized spacial score (nSPS) is 11.7. The highest BCUT2D eigenvalue weighted by atomic mass is 16.6. The van der Waals surface area contributed by atoms with Crippen LogP contribution in [0.15, 0.2) is 0 Å². The standard InChI is InChI=1S/C95H190N2O40/c1-2-3-4-5-6-7-8-9-10-11-12-13-14-15-19-100-20-16-21-137-95(99)97-18-23-102-25-27-104-29-31-106-33-35-108-37-39-110-41-43-112-45-47-114-49-51-116-53-55-118-57-59-120-61-63-122-65-67-124-69-71-126-73-75-128-77-79-130-81-83-132-85-87-134-89-91-136-93-92-135-90-88-133-86-84-131-82-80-129-78-76-127-74-72-125-70-68-123-66-64-121-62-60-119-58-56-117-54-52-115-50-48-113-46-44-111-42-40-109-38-36-107-34-32-105-30-28-103-26-24-101-22-17-94(96)98/h2-93H2,1H3,(H2,96,98)(H,97,99). The lowest BCUT2D eigenvalue weighted by atomic mass is 10.0. The molecule has 0 aliphatic carbocycles. The smallest absolute Gasteiger partial charge is 0.407 e. The third-order valence-electron chi connectivity index (χ3n) is 18.3. The molecule has 0 aliphatic rings. The lowest BCUT2D eigenvalue weighted by Crippen LogP contribution is -2.28. The van der Waals surface area contributed by atoms with Crippen molar-refractivity contribution < 1.29 is 190 Å². The van der Waals surface area contributed by atoms with Crippen LogP contribution in [-0.4, -0.2) is 514 Å². The molecule has 0 atom stereocenters. The molecule has 42 nitrogen and oxygen atoms in total. The van der Waals surface area contributed by atoms with E-state index in [1.165, 1.54) is 83.5 Å². The minimum atomic E-state index is -0.443. The van der Waals surface area contributed by atoms with E-state index < -0.39 is 6.09 Å². The summed E-state index contributed by atoms with van der Waals surface area (Å²) >= 11 is 0. The Morgan fingerprint density at radius 3 is 0.423 bits per heavy atom. The predicted molar refractivity (Wildman–Crippen MR) is 508 cm³/mol. The lowest BCUT2D eigenvalue weighted by Gasteiger charge is -2.09. The summed E-state index contributed by atoms with van der Waals surface area (Å²) in [5.41, 5.74) is 5.04. The zero-order valence-corrected chi connectivity index (χ0v) is 84.5. The summed E-state index contributed by atoms with van der Waals surface area (Å²) in [5.74, 6) is -0.382. The van der Waals surface area contributed by atoms with Crippen LogP contribution in [0, 0.1) is 0 Å². The third kappa shape index (κ3) is 131. The first-order valence-electron chi connectivity index (χ1n) is 50.7. The number of carbonyl (C=O) groups excluding carboxylic acids is 2. The van der Waals surface area contributed by atoms with Crippen molar-refractivity contribution in [3.8, 4) is 0 Å². The molecule has 42 heteroatoms. The van der Waals surface area contributed by atoms with Gasteiger partial charge in [0, 0.05) is 32.6 Å². The number of hydrogen-bond acceptors (Lipinski definition) is 40. The minimum absolute atomic E-state index is 0.209. The number of nitrogens with one attached hydrogen (secondary N) is 1. The van der Waals surface area contributed by atoms with Crippen LogP contribution in [0.4, 0.5) is 4.79 Å². The fourth-order valence-electron chi connectivity index (χ4n) is 11.1. The Bertz CT molecular complexity index is 2130. The van der Waals surface area contributed by atoms with Gasteiger partial charge < -0.3 is 191 Å². The molecule has 0 rings (SSSR count). The molecule has 0 spiro atoms. The van der Waals surface area contributed by atoms with Crippen molar-refractivity contribution in [2.45, 2.75) is 110 Å². The second kappa shape index (κ2) is 129. The van der Waals surface area contributed by atoms with Gasteiger partial charge in [-0.3, -0.25) is 4.79 Å². The molecular weight excluding hydrogens is 1810 g/mol. The molecule has 0 radical (unpaired) electrons. The van der Waals surface area contributed by atoms with Crippen molar-refractivity contribution in [2.24, 2.45) is 5.73 Å². The van der Waals surface area contributed by atoms with E-state index in [2.05, 4.69) is 12.2 Å². The Balaban J connectivity index is 3.12. The molecule has 0 aliphatic heterocycles. The zero-order chi connectivity index (χ0) is 97.8. The summed E-state index contributed by atoms with van der Waals surface area (Å²) in [6.45, 7) is 38.0. The number of carbonyl (C=O) groups is 2. The molecule has 0 aromatic rings. The molecule has 0 aromatic carbocycles. The maximum Gasteiger partial charge on any atom is 0.407 e. The highest BCUT2D eigenvalue weighted by Crippen LogP contribution is 2.13. The molecule has 0 heterocycles. The Kier molecular flexibility index (Phi) is 127. The van der Waals surface area contributed by atoms with E-state index in [-0.39, 0.29) is 12.3 Å². The van der Waals surface area contributed by atoms with Gasteiger partial charge in [-0.25, -0.2) is 4.79 Å². The highest BCUT2D eigenvalue weighted by Gasteiger charge is 2.08. The van der Waals surface area contributed by atoms with Crippen LogP contribution in [0.25, 0.3) is 0 Å². The minimum Gasteiger partial charge on any atom is -0.449 e. The summed E-state index contributed by atoms with van der Waals surface area (Å²) in [6.07, 6.45) is 19.3. The second-order valence-electron chi connectivity index (χ2n) is 29.9. The largest absolute Gasteiger partial charge is 0.449 e. The summed E-state index contributed by atoms with van der Waals surface area (Å²) in [6, 6.07) is 0. The van der Waals surface area contributed by atoms with Gasteiger partial charge >= 0.3 is 6.09 Å². The highest BCUT2D eigenvalue weighted by molar-refractivity contribution is 5.73. The summed E-state index contributed by atoms with van der Waals surface area (Å²) in [7, 11) is 0. The van der Waals surface area contributed by atoms with Crippen molar-refractivity contribution in [3.63, 3.8) is 0 Å². The van der Waals surface area contributed by atoms with Crippen LogP contribution < -0.4 is 11.1 Å². The van der Waals surface area contributed by atoms with Crippen molar-refractivity contribution in [1.82, 2.24) is 5.32 Å². The van der Waals surface area contributed by atoms with Gasteiger partial charge in [-0.05, 0) is 6.42 Å². The number of alkyl carbamates (subject to hydrolysis) is 1. The van der Waals surface area contributed by atoms with Crippen molar-refractivity contribution in [2.75, 3.05) is 502 Å². The molecule has 0 aromatic heterocycles. The summed E-state index contributed by atoms with van der Waals surface area (Å²) in [5, 5.41) is 2.69. The lowest BCUT2D eigenvalue weighted by molar-refractivity contribution is -0.119. The molecule has 0 saturated heterocycles. The number of primary amides is 1. The molecule has 3 N–H and O–H groups in total. The Morgan fingerprint density at radius 1 is 0.146 bits per heavy atom. The first-order chi connectivity index (χ1) is 68.2. The number of rotatable bonds is 130. The number of nitrogens with two attached hydrogens (primary N) is 1. The van der Waals surface area contributed by atoms with Crippen LogP contribution in [0.5, 0.6) is 0 Å². The Labute approximate surface area is 821 Å². The fourth-order valence-corrected chi connectivity index (χ4v) is 11.1. The number of hydrogen-bond donors (Lipinski definition) is 2. The van der Waals surface area contributed by atoms with Gasteiger partial charge in [0.25, 0.3) is 0 Å². The van der Waals surface area contributed by atoms with Gasteiger partial charge in [0.15, 0.2) is 0 Å². The molecule has 137 heavy (non-hydrogen) atoms. The monoisotopic (exact) mass is 2000 g/mol. The molecule has 820 valence electrons. The molecule has 0 bridgehead atoms. The van der Waals surface area contributed by atoms with Crippen LogP contribution >= 0.6 is 0 Å². The van der Waals surface area contributed by atoms with E-state index in [9.17, 15) is 9.59 Å². The zero-order valence-electron chi connectivity index (χ0n) is 84.5. The average molecular weight is 2000 g/mol. The van der Waals surface area contributed by atoms with Gasteiger partial charge in [0.1, 0.15) is 0 Å². The van der Waals surface area contributed by atoms with Crippen molar-refractivity contribution >= 4 is 12.0 Å². The van der Waals surface area contributed by atoms with Crippen molar-refractivity contribution in [3.05, 3.63) is 0 Å². The maximum atomic E-state index is 11.9. The fraction of sp³-hybridized carbons (Fsp3) is 0.979. The average Bonchev–Trinajstić information content (AvgIpc) is 1.04. The van der Waals surface area contributed by atoms with Gasteiger partial charge in [-0.15, -0.1) is 0 Å². The van der Waals surface area contributed by atoms with Gasteiger partial charge in [0.05, 0.1) is 482 Å². The van der Waals surface area contributed by atoms with Crippen LogP contribution in [0.2, 0.25) is 0 Å². The first-order valence-corrected chi connectivity index (χ1v) is 50.7. The molecule has 0 saturated carbocycles. The molecular formula is C95H190N2O40. The Morgan fingerprint density at radius 2 is 0.270 bits per heavy atom. The van der Waals surface area contributed by atoms with Gasteiger partial charge in [-0.2, -0.15) is 0 Å². The molecule has 2 amide bonds. The van der Waals surface area contributed by atoms with E-state index in [1.807, 2.05) is 0 Å². The number of amides is 2. The van der Waals surface area contributed by atoms with E-state index in [0.717, 1.165) is 13.0 Å². The number of ether oxygens (including phenoxy) is 38. The quantitative estimate of drug-likeness (QED) is 0.0652. The van der Waals surface area contributed by atoms with Crippen LogP contribution in [-0.2, 0) is 185 Å². The second-order valence-corrected chi connectivity index (χ2v) is 29.9. The Hall–Kier alpha value is -2.74. The van der Waals surface area contributed by atoms with E-state index >= 15 is 0 Å². The van der Waals surface area contributed by atoms with Crippen LogP contribution in [0.3, 0.4) is 0 Å². The molecule has 0 unspecified atom stereocenters. The third-order valence-corrected chi connectivity index (χ3v) is 18.3. The van der Waals surface area contributed by atoms with E-state index in [1.54, 1.807) is 0 Å². The number of unbranched alkanes of at least 4 members (excludes halogenated alkanes) is 13. The summed E-state index contributed by atoms with van der Waals surface area (Å²) < 4.78 is 210. The predicted octanol–water partition coefficient (Wildman–Crippen LogP) is 6.07. The van der Waals surface area contributed by atoms with Crippen molar-refractivity contribution in [1.29, 1.82) is 0 Å². The van der Waals surface area contributed by atoms with E-state index in [4.69, 9.17) is 186 Å². The van der Waals surface area contributed by atoms with Gasteiger partial charge in [0.2, 0.25) is 5.91 Å². The first kappa shape index (κ1) is 134. The van der Waals surface area contributed by atoms with E-state index in [0.29, 0.717) is 502 Å². The maximum absolute atomic E-state index is 11.9. The topological polar surface area (TPSA) is 423 Å².